The van der Waals surface area contributed by atoms with Gasteiger partial charge in [-0.1, -0.05) is 0 Å². The van der Waals surface area contributed by atoms with Crippen LogP contribution in [0.1, 0.15) is 5.56 Å². The van der Waals surface area contributed by atoms with Gasteiger partial charge in [0.05, 0.1) is 11.4 Å². The van der Waals surface area contributed by atoms with E-state index >= 15 is 0 Å². The molecule has 0 spiro atoms. The van der Waals surface area contributed by atoms with Crippen molar-refractivity contribution in [2.75, 3.05) is 17.8 Å². The van der Waals surface area contributed by atoms with Crippen molar-refractivity contribution in [1.82, 2.24) is 0 Å². The SMILES string of the molecule is N#Cc1ccsc1NC(=O)OCCCl. The summed E-state index contributed by atoms with van der Waals surface area (Å²) in [5, 5.41) is 13.3. The minimum atomic E-state index is -0.593. The molecule has 1 rings (SSSR count). The fourth-order valence-electron chi connectivity index (χ4n) is 0.754. The first-order chi connectivity index (χ1) is 6.77. The molecule has 0 saturated carbocycles. The Kier molecular flexibility index (Phi) is 4.23. The third-order valence-electron chi connectivity index (χ3n) is 1.31. The first-order valence-corrected chi connectivity index (χ1v) is 5.16. The van der Waals surface area contributed by atoms with Crippen LogP contribution in [0.25, 0.3) is 0 Å². The van der Waals surface area contributed by atoms with Crippen LogP contribution in [0.2, 0.25) is 0 Å². The third kappa shape index (κ3) is 2.91. The molecular formula is C8H7ClN2O2S. The van der Waals surface area contributed by atoms with Crippen molar-refractivity contribution in [3.05, 3.63) is 17.0 Å². The molecule has 0 fully saturated rings. The summed E-state index contributed by atoms with van der Waals surface area (Å²) >= 11 is 6.60. The molecule has 0 aromatic carbocycles. The number of nitrogens with one attached hydrogen (secondary N) is 1. The minimum Gasteiger partial charge on any atom is -0.448 e. The zero-order valence-electron chi connectivity index (χ0n) is 7.12. The van der Waals surface area contributed by atoms with E-state index in [0.717, 1.165) is 0 Å². The maximum absolute atomic E-state index is 11.0. The van der Waals surface area contributed by atoms with Crippen LogP contribution in [-0.2, 0) is 4.74 Å². The van der Waals surface area contributed by atoms with Gasteiger partial charge in [-0.05, 0) is 11.4 Å². The van der Waals surface area contributed by atoms with Crippen molar-refractivity contribution in [1.29, 1.82) is 5.26 Å². The lowest BCUT2D eigenvalue weighted by Crippen LogP contribution is -2.14. The van der Waals surface area contributed by atoms with E-state index in [-0.39, 0.29) is 12.5 Å². The fourth-order valence-corrected chi connectivity index (χ4v) is 1.55. The summed E-state index contributed by atoms with van der Waals surface area (Å²) in [6.45, 7) is 0.153. The number of anilines is 1. The lowest BCUT2D eigenvalue weighted by molar-refractivity contribution is 0.168. The third-order valence-corrected chi connectivity index (χ3v) is 2.30. The summed E-state index contributed by atoms with van der Waals surface area (Å²) in [7, 11) is 0. The molecule has 74 valence electrons. The second-order valence-electron chi connectivity index (χ2n) is 2.23. The number of nitriles is 1. The van der Waals surface area contributed by atoms with Gasteiger partial charge in [0.15, 0.2) is 0 Å². The first kappa shape index (κ1) is 10.8. The number of halogens is 1. The molecule has 1 amide bonds. The van der Waals surface area contributed by atoms with Crippen LogP contribution in [0.3, 0.4) is 0 Å². The summed E-state index contributed by atoms with van der Waals surface area (Å²) in [6.07, 6.45) is -0.593. The maximum atomic E-state index is 11.0. The van der Waals surface area contributed by atoms with E-state index in [1.54, 1.807) is 11.4 Å². The summed E-state index contributed by atoms with van der Waals surface area (Å²) in [4.78, 5) is 11.0. The lowest BCUT2D eigenvalue weighted by Gasteiger charge is -2.03. The summed E-state index contributed by atoms with van der Waals surface area (Å²) in [5.74, 6) is 0.253. The highest BCUT2D eigenvalue weighted by Crippen LogP contribution is 2.21. The van der Waals surface area contributed by atoms with E-state index in [4.69, 9.17) is 16.9 Å². The molecule has 0 aliphatic rings. The maximum Gasteiger partial charge on any atom is 0.412 e. The zero-order chi connectivity index (χ0) is 10.4. The average molecular weight is 231 g/mol. The summed E-state index contributed by atoms with van der Waals surface area (Å²) in [6, 6.07) is 3.58. The number of alkyl halides is 1. The molecule has 14 heavy (non-hydrogen) atoms. The number of amides is 1. The van der Waals surface area contributed by atoms with Gasteiger partial charge in [0.25, 0.3) is 0 Å². The Morgan fingerprint density at radius 3 is 3.21 bits per heavy atom. The van der Waals surface area contributed by atoms with Crippen LogP contribution in [0, 0.1) is 11.3 Å². The number of carbonyl (C=O) groups is 1. The summed E-state index contributed by atoms with van der Waals surface area (Å²) < 4.78 is 4.68. The van der Waals surface area contributed by atoms with Gasteiger partial charge in [-0.25, -0.2) is 4.79 Å². The topological polar surface area (TPSA) is 62.1 Å². The van der Waals surface area contributed by atoms with Gasteiger partial charge in [0, 0.05) is 0 Å². The summed E-state index contributed by atoms with van der Waals surface area (Å²) in [5.41, 5.74) is 0.429. The molecule has 0 bridgehead atoms. The molecule has 0 unspecified atom stereocenters. The van der Waals surface area contributed by atoms with Crippen LogP contribution >= 0.6 is 22.9 Å². The molecule has 4 nitrogen and oxygen atoms in total. The highest BCUT2D eigenvalue weighted by atomic mass is 35.5. The van der Waals surface area contributed by atoms with Gasteiger partial charge < -0.3 is 4.74 Å². The number of carbonyl (C=O) groups excluding carboxylic acids is 1. The second kappa shape index (κ2) is 5.47. The Hall–Kier alpha value is -1.25. The van der Waals surface area contributed by atoms with Crippen molar-refractivity contribution in [3.8, 4) is 6.07 Å². The molecule has 1 aromatic heterocycles. The van der Waals surface area contributed by atoms with Gasteiger partial charge in [-0.2, -0.15) is 5.26 Å². The standard InChI is InChI=1S/C8H7ClN2O2S/c9-2-3-13-8(12)11-7-6(5-10)1-4-14-7/h1,4H,2-3H2,(H,11,12). The highest BCUT2D eigenvalue weighted by Gasteiger charge is 2.07. The highest BCUT2D eigenvalue weighted by molar-refractivity contribution is 7.14. The predicted octanol–water partition coefficient (Wildman–Crippen LogP) is 2.41. The number of thiophene rings is 1. The number of ether oxygens (including phenoxy) is 1. The molecule has 1 aromatic rings. The Balaban J connectivity index is 2.52. The Bertz CT molecular complexity index is 358. The molecule has 0 radical (unpaired) electrons. The van der Waals surface area contributed by atoms with Crippen LogP contribution < -0.4 is 5.32 Å². The number of hydrogen-bond donors (Lipinski definition) is 1. The molecule has 1 N–H and O–H groups in total. The van der Waals surface area contributed by atoms with Crippen LogP contribution in [0.5, 0.6) is 0 Å². The Morgan fingerprint density at radius 1 is 1.79 bits per heavy atom. The van der Waals surface area contributed by atoms with Crippen LogP contribution in [0.15, 0.2) is 11.4 Å². The fraction of sp³-hybridized carbons (Fsp3) is 0.250. The van der Waals surface area contributed by atoms with Crippen molar-refractivity contribution in [2.24, 2.45) is 0 Å². The Morgan fingerprint density at radius 2 is 2.57 bits per heavy atom. The largest absolute Gasteiger partial charge is 0.448 e. The zero-order valence-corrected chi connectivity index (χ0v) is 8.69. The van der Waals surface area contributed by atoms with E-state index in [1.807, 2.05) is 6.07 Å². The van der Waals surface area contributed by atoms with Crippen molar-refractivity contribution < 1.29 is 9.53 Å². The minimum absolute atomic E-state index is 0.153. The lowest BCUT2D eigenvalue weighted by atomic mass is 10.3. The molecule has 6 heteroatoms. The Labute approximate surface area is 90.1 Å². The predicted molar refractivity (Wildman–Crippen MR) is 54.7 cm³/mol. The van der Waals surface area contributed by atoms with E-state index in [9.17, 15) is 4.79 Å². The van der Waals surface area contributed by atoms with Crippen molar-refractivity contribution >= 4 is 34.0 Å². The molecule has 0 atom stereocenters. The van der Waals surface area contributed by atoms with Gasteiger partial charge in [-0.15, -0.1) is 22.9 Å². The van der Waals surface area contributed by atoms with E-state index in [1.165, 1.54) is 11.3 Å². The smallest absolute Gasteiger partial charge is 0.412 e. The quantitative estimate of drug-likeness (QED) is 0.811. The molecule has 0 saturated heterocycles. The number of rotatable bonds is 3. The van der Waals surface area contributed by atoms with Gasteiger partial charge in [-0.3, -0.25) is 5.32 Å². The molecule has 0 aliphatic carbocycles. The van der Waals surface area contributed by atoms with Gasteiger partial charge in [0.1, 0.15) is 17.7 Å². The number of hydrogen-bond acceptors (Lipinski definition) is 4. The molecule has 0 aliphatic heterocycles. The second-order valence-corrected chi connectivity index (χ2v) is 3.52. The van der Waals surface area contributed by atoms with Crippen LogP contribution in [-0.4, -0.2) is 18.6 Å². The van der Waals surface area contributed by atoms with E-state index in [0.29, 0.717) is 10.6 Å². The monoisotopic (exact) mass is 230 g/mol. The van der Waals surface area contributed by atoms with Crippen molar-refractivity contribution in [3.63, 3.8) is 0 Å². The van der Waals surface area contributed by atoms with E-state index < -0.39 is 6.09 Å². The number of nitrogens with zero attached hydrogens (tertiary/aromatic N) is 1. The molecule has 1 heterocycles. The van der Waals surface area contributed by atoms with Crippen molar-refractivity contribution in [2.45, 2.75) is 0 Å². The van der Waals surface area contributed by atoms with Gasteiger partial charge in [0.2, 0.25) is 0 Å². The van der Waals surface area contributed by atoms with Gasteiger partial charge >= 0.3 is 6.09 Å². The molecular weight excluding hydrogens is 224 g/mol. The normalized spacial score (nSPS) is 9.14. The average Bonchev–Trinajstić information content (AvgIpc) is 2.62. The first-order valence-electron chi connectivity index (χ1n) is 3.75. The van der Waals surface area contributed by atoms with Crippen LogP contribution in [0.4, 0.5) is 9.80 Å². The van der Waals surface area contributed by atoms with E-state index in [2.05, 4.69) is 10.1 Å².